The average molecular weight is 284 g/mol. The Labute approximate surface area is 126 Å². The van der Waals surface area contributed by atoms with E-state index in [0.29, 0.717) is 0 Å². The molecule has 1 nitrogen and oxygen atoms in total. The fourth-order valence-electron chi connectivity index (χ4n) is 3.14. The zero-order valence-corrected chi connectivity index (χ0v) is 14.0. The van der Waals surface area contributed by atoms with Crippen LogP contribution in [0.3, 0.4) is 0 Å². The number of halogens is 1. The summed E-state index contributed by atoms with van der Waals surface area (Å²) in [7, 11) is 7.01. The lowest BCUT2D eigenvalue weighted by atomic mass is 9.79. The van der Waals surface area contributed by atoms with Crippen LogP contribution in [-0.4, -0.2) is 25.6 Å². The van der Waals surface area contributed by atoms with Gasteiger partial charge in [0.1, 0.15) is 5.54 Å². The molecule has 0 fully saturated rings. The summed E-state index contributed by atoms with van der Waals surface area (Å²) in [6.45, 7) is 4.62. The molecule has 0 radical (unpaired) electrons. The molecule has 1 aromatic rings. The van der Waals surface area contributed by atoms with Gasteiger partial charge in [-0.1, -0.05) is 57.0 Å². The van der Waals surface area contributed by atoms with Crippen molar-refractivity contribution in [3.63, 3.8) is 0 Å². The van der Waals surface area contributed by atoms with Crippen molar-refractivity contribution in [1.82, 2.24) is 0 Å². The molecule has 0 heterocycles. The molecule has 19 heavy (non-hydrogen) atoms. The Bertz CT molecular complexity index is 342. The highest BCUT2D eigenvalue weighted by atomic mass is 35.5. The van der Waals surface area contributed by atoms with Crippen molar-refractivity contribution < 1.29 is 16.9 Å². The Morgan fingerprint density at radius 2 is 1.53 bits per heavy atom. The minimum Gasteiger partial charge on any atom is -1.00 e. The Kier molecular flexibility index (Phi) is 7.69. The summed E-state index contributed by atoms with van der Waals surface area (Å²) in [5, 5.41) is 0. The number of hydrogen-bond donors (Lipinski definition) is 0. The summed E-state index contributed by atoms with van der Waals surface area (Å²) in [5.74, 6) is 0. The van der Waals surface area contributed by atoms with Gasteiger partial charge in [0.2, 0.25) is 0 Å². The SMILES string of the molecule is CCCCCC(CC)(c1ccccc1)[N+](C)(C)C.[Cl-]. The molecule has 0 aromatic heterocycles. The maximum atomic E-state index is 2.34. The molecule has 0 aliphatic heterocycles. The summed E-state index contributed by atoms with van der Waals surface area (Å²) in [5.41, 5.74) is 1.76. The maximum absolute atomic E-state index is 2.34. The van der Waals surface area contributed by atoms with Gasteiger partial charge in [-0.2, -0.15) is 0 Å². The van der Waals surface area contributed by atoms with Crippen LogP contribution in [0.4, 0.5) is 0 Å². The predicted octanol–water partition coefficient (Wildman–Crippen LogP) is 1.58. The van der Waals surface area contributed by atoms with E-state index in [9.17, 15) is 0 Å². The molecule has 1 rings (SSSR count). The van der Waals surface area contributed by atoms with Gasteiger partial charge in [-0.3, -0.25) is 0 Å². The standard InChI is InChI=1S/C17H30N.ClH/c1-6-8-12-15-17(7-2,18(3,4)5)16-13-10-9-11-14-16;/h9-11,13-14H,6-8,12,15H2,1-5H3;1H/q+1;/p-1. The van der Waals surface area contributed by atoms with Gasteiger partial charge < -0.3 is 16.9 Å². The van der Waals surface area contributed by atoms with E-state index in [1.165, 1.54) is 37.7 Å². The highest BCUT2D eigenvalue weighted by molar-refractivity contribution is 5.22. The molecule has 0 saturated heterocycles. The third-order valence-electron chi connectivity index (χ3n) is 4.37. The van der Waals surface area contributed by atoms with Crippen LogP contribution < -0.4 is 12.4 Å². The monoisotopic (exact) mass is 283 g/mol. The molecule has 110 valence electrons. The average Bonchev–Trinajstić information content (AvgIpc) is 2.34. The summed E-state index contributed by atoms with van der Waals surface area (Å²) >= 11 is 0. The number of hydrogen-bond acceptors (Lipinski definition) is 0. The van der Waals surface area contributed by atoms with E-state index in [1.54, 1.807) is 0 Å². The van der Waals surface area contributed by atoms with Gasteiger partial charge in [0.15, 0.2) is 0 Å². The van der Waals surface area contributed by atoms with Gasteiger partial charge in [-0.15, -0.1) is 0 Å². The Hall–Kier alpha value is -0.530. The molecule has 0 spiro atoms. The smallest absolute Gasteiger partial charge is 0.124 e. The van der Waals surface area contributed by atoms with Crippen molar-refractivity contribution in [1.29, 1.82) is 0 Å². The third kappa shape index (κ3) is 4.22. The van der Waals surface area contributed by atoms with Gasteiger partial charge in [-0.25, -0.2) is 0 Å². The molecule has 2 heteroatoms. The molecule has 1 atom stereocenters. The highest BCUT2D eigenvalue weighted by Gasteiger charge is 2.42. The first kappa shape index (κ1) is 18.5. The first-order valence-electron chi connectivity index (χ1n) is 7.35. The zero-order valence-electron chi connectivity index (χ0n) is 13.2. The van der Waals surface area contributed by atoms with E-state index in [2.05, 4.69) is 65.3 Å². The largest absolute Gasteiger partial charge is 1.00 e. The second-order valence-corrected chi connectivity index (χ2v) is 6.22. The Morgan fingerprint density at radius 1 is 0.947 bits per heavy atom. The van der Waals surface area contributed by atoms with Crippen molar-refractivity contribution >= 4 is 0 Å². The van der Waals surface area contributed by atoms with Crippen molar-refractivity contribution in [3.8, 4) is 0 Å². The van der Waals surface area contributed by atoms with E-state index in [1.807, 2.05) is 0 Å². The number of unbranched alkanes of at least 4 members (excludes halogenated alkanes) is 2. The highest BCUT2D eigenvalue weighted by Crippen LogP contribution is 2.39. The van der Waals surface area contributed by atoms with Crippen LogP contribution in [0.1, 0.15) is 51.5 Å². The lowest BCUT2D eigenvalue weighted by Crippen LogP contribution is -3.00. The van der Waals surface area contributed by atoms with Crippen molar-refractivity contribution in [2.75, 3.05) is 21.1 Å². The molecular weight excluding hydrogens is 254 g/mol. The summed E-state index contributed by atoms with van der Waals surface area (Å²) in [6.07, 6.45) is 6.45. The van der Waals surface area contributed by atoms with Crippen molar-refractivity contribution in [2.24, 2.45) is 0 Å². The second kappa shape index (κ2) is 7.91. The minimum absolute atomic E-state index is 0. The summed E-state index contributed by atoms with van der Waals surface area (Å²) in [4.78, 5) is 0. The van der Waals surface area contributed by atoms with Gasteiger partial charge in [0.05, 0.1) is 21.1 Å². The summed E-state index contributed by atoms with van der Waals surface area (Å²) < 4.78 is 1.01. The van der Waals surface area contributed by atoms with E-state index >= 15 is 0 Å². The van der Waals surface area contributed by atoms with Crippen molar-refractivity contribution in [3.05, 3.63) is 35.9 Å². The summed E-state index contributed by atoms with van der Waals surface area (Å²) in [6, 6.07) is 11.1. The Morgan fingerprint density at radius 3 is 1.95 bits per heavy atom. The maximum Gasteiger partial charge on any atom is 0.124 e. The van der Waals surface area contributed by atoms with Crippen LogP contribution in [-0.2, 0) is 5.54 Å². The van der Waals surface area contributed by atoms with Crippen LogP contribution in [0.5, 0.6) is 0 Å². The van der Waals surface area contributed by atoms with E-state index < -0.39 is 0 Å². The molecular formula is C17H30ClN. The van der Waals surface area contributed by atoms with Gasteiger partial charge in [-0.05, 0) is 6.42 Å². The minimum atomic E-state index is 0. The van der Waals surface area contributed by atoms with Gasteiger partial charge >= 0.3 is 0 Å². The van der Waals surface area contributed by atoms with Crippen LogP contribution in [0, 0.1) is 0 Å². The molecule has 0 aliphatic carbocycles. The quantitative estimate of drug-likeness (QED) is 0.527. The van der Waals surface area contributed by atoms with Gasteiger partial charge in [0, 0.05) is 18.4 Å². The lowest BCUT2D eigenvalue weighted by molar-refractivity contribution is -0.933. The number of quaternary nitrogens is 1. The van der Waals surface area contributed by atoms with E-state index in [-0.39, 0.29) is 17.9 Å². The third-order valence-corrected chi connectivity index (χ3v) is 4.37. The second-order valence-electron chi connectivity index (χ2n) is 6.22. The molecule has 0 amide bonds. The fourth-order valence-corrected chi connectivity index (χ4v) is 3.14. The number of benzene rings is 1. The lowest BCUT2D eigenvalue weighted by Gasteiger charge is -2.46. The normalized spacial score (nSPS) is 14.6. The Balaban J connectivity index is 0.00000324. The topological polar surface area (TPSA) is 0 Å². The van der Waals surface area contributed by atoms with Crippen LogP contribution in [0.15, 0.2) is 30.3 Å². The first-order chi connectivity index (χ1) is 8.48. The molecule has 0 bridgehead atoms. The number of nitrogens with zero attached hydrogens (tertiary/aromatic N) is 1. The predicted molar refractivity (Wildman–Crippen MR) is 80.6 cm³/mol. The molecule has 1 unspecified atom stereocenters. The van der Waals surface area contributed by atoms with E-state index in [0.717, 1.165) is 4.48 Å². The molecule has 0 N–H and O–H groups in total. The van der Waals surface area contributed by atoms with Crippen LogP contribution >= 0.6 is 0 Å². The molecule has 1 aromatic carbocycles. The van der Waals surface area contributed by atoms with Gasteiger partial charge in [0.25, 0.3) is 0 Å². The zero-order chi connectivity index (χ0) is 13.6. The molecule has 0 aliphatic rings. The molecule has 0 saturated carbocycles. The fraction of sp³-hybridized carbons (Fsp3) is 0.647. The van der Waals surface area contributed by atoms with E-state index in [4.69, 9.17) is 0 Å². The van der Waals surface area contributed by atoms with Crippen molar-refractivity contribution in [2.45, 2.75) is 51.5 Å². The van der Waals surface area contributed by atoms with Crippen LogP contribution in [0.2, 0.25) is 0 Å². The first-order valence-corrected chi connectivity index (χ1v) is 7.35. The van der Waals surface area contributed by atoms with Crippen LogP contribution in [0.25, 0.3) is 0 Å². The number of rotatable bonds is 7.